The number of fused-ring (bicyclic) bond motifs is 6. The number of aromatic nitrogens is 1. The Bertz CT molecular complexity index is 1140. The maximum atomic E-state index is 4.17. The van der Waals surface area contributed by atoms with E-state index >= 15 is 0 Å². The molecule has 0 spiro atoms. The molecular formula is C25H16BrCl2NSZr-2. The molecule has 0 bridgehead atoms. The minimum absolute atomic E-state index is 0. The summed E-state index contributed by atoms with van der Waals surface area (Å²) >= 11 is 4.60. The smallest absolute Gasteiger partial charge is 0.0454 e. The van der Waals surface area contributed by atoms with E-state index in [9.17, 15) is 0 Å². The number of rotatable bonds is 0. The first-order valence-corrected chi connectivity index (χ1v) is 13.4. The fraction of sp³-hybridized carbons (Fsp3) is 0.0800. The third-order valence-corrected chi connectivity index (χ3v) is 5.62. The molecule has 31 heavy (non-hydrogen) atoms. The summed E-state index contributed by atoms with van der Waals surface area (Å²) in [4.78, 5) is 4.15. The minimum Gasteiger partial charge on any atom is -0.147 e. The van der Waals surface area contributed by atoms with Gasteiger partial charge < -0.3 is 24.8 Å². The molecule has 2 aliphatic carbocycles. The second-order valence-electron chi connectivity index (χ2n) is 6.83. The molecule has 0 saturated carbocycles. The van der Waals surface area contributed by atoms with Gasteiger partial charge in [-0.05, 0) is 25.1 Å². The second kappa shape index (κ2) is 12.3. The van der Waals surface area contributed by atoms with E-state index < -0.39 is 0 Å². The Hall–Kier alpha value is -1.03. The van der Waals surface area contributed by atoms with Crippen molar-refractivity contribution in [1.82, 2.24) is 4.98 Å². The summed E-state index contributed by atoms with van der Waals surface area (Å²) in [5.74, 6) is 0. The first-order valence-electron chi connectivity index (χ1n) is 9.21. The molecule has 154 valence electrons. The van der Waals surface area contributed by atoms with E-state index in [4.69, 9.17) is 0 Å². The van der Waals surface area contributed by atoms with E-state index in [-0.39, 0.29) is 24.8 Å². The third-order valence-electron chi connectivity index (χ3n) is 5.16. The van der Waals surface area contributed by atoms with Gasteiger partial charge in [0.25, 0.3) is 0 Å². The maximum absolute atomic E-state index is 4.17. The standard InChI is InChI=1S/C13H9.C12H7BrN.2ClH.S.Zr/c1-3-7-12-10(5-1)9-11-6-2-4-8-13(11)12;13-10-1-2-11-9(6-10)5-8-3-4-14-7-12(8)11;;;;/h1-7H,9H2;1,3-4,6-7H,5H2;2*1H;;/q2*-1;;;;+2/p-2. The van der Waals surface area contributed by atoms with Crippen LogP contribution >= 0.6 is 24.8 Å². The van der Waals surface area contributed by atoms with Crippen LogP contribution in [0.3, 0.4) is 0 Å². The monoisotopic (exact) mass is 601 g/mol. The fourth-order valence-electron chi connectivity index (χ4n) is 3.91. The van der Waals surface area contributed by atoms with E-state index in [2.05, 4.69) is 90.4 Å². The van der Waals surface area contributed by atoms with Crippen molar-refractivity contribution in [3.63, 3.8) is 0 Å². The van der Waals surface area contributed by atoms with Gasteiger partial charge in [0.15, 0.2) is 0 Å². The molecule has 1 aromatic heterocycles. The fourth-order valence-corrected chi connectivity index (χ4v) is 4.30. The van der Waals surface area contributed by atoms with E-state index in [1.807, 2.05) is 24.5 Å². The Balaban J connectivity index is 0.000000193. The molecule has 4 aromatic rings. The van der Waals surface area contributed by atoms with Gasteiger partial charge >= 0.3 is 31.5 Å². The van der Waals surface area contributed by atoms with Crippen LogP contribution in [0.2, 0.25) is 0 Å². The molecule has 0 unspecified atom stereocenters. The van der Waals surface area contributed by atoms with Crippen molar-refractivity contribution in [3.05, 3.63) is 112 Å². The van der Waals surface area contributed by atoms with Gasteiger partial charge in [-0.3, -0.25) is 4.98 Å². The molecule has 3 aromatic carbocycles. The van der Waals surface area contributed by atoms with Crippen molar-refractivity contribution in [1.29, 1.82) is 0 Å². The van der Waals surface area contributed by atoms with Crippen molar-refractivity contribution in [2.24, 2.45) is 0 Å². The van der Waals surface area contributed by atoms with Gasteiger partial charge in [-0.2, -0.15) is 0 Å². The molecule has 1 nitrogen and oxygen atoms in total. The van der Waals surface area contributed by atoms with E-state index in [0.29, 0.717) is 0 Å². The Labute approximate surface area is 222 Å². The summed E-state index contributed by atoms with van der Waals surface area (Å²) < 4.78 is 1.09. The molecule has 1 heterocycles. The molecule has 2 aliphatic rings. The molecule has 6 heteroatoms. The van der Waals surface area contributed by atoms with Crippen molar-refractivity contribution >= 4 is 24.8 Å². The Morgan fingerprint density at radius 2 is 1.48 bits per heavy atom. The predicted molar refractivity (Wildman–Crippen MR) is 120 cm³/mol. The topological polar surface area (TPSA) is 12.9 Å². The summed E-state index contributed by atoms with van der Waals surface area (Å²) in [6.45, 7) is 0. The maximum Gasteiger partial charge on any atom is -0.0454 e. The molecule has 6 rings (SSSR count). The molecule has 0 saturated heterocycles. The van der Waals surface area contributed by atoms with E-state index in [1.54, 1.807) is 0 Å². The SMILES string of the molecule is Brc1c[c-]c2c(c1)Cc1ccncc1-2.[Cl-].[Cl-].[S]=[Zr+2].[c-]1cccc2c1-c1ccccc1C2. The average molecular weight is 605 g/mol. The number of nitrogens with zero attached hydrogens (tertiary/aromatic N) is 1. The van der Waals surface area contributed by atoms with Crippen LogP contribution in [0.25, 0.3) is 22.3 Å². The minimum atomic E-state index is 0. The molecule has 0 radical (unpaired) electrons. The van der Waals surface area contributed by atoms with E-state index in [0.717, 1.165) is 40.0 Å². The van der Waals surface area contributed by atoms with Crippen LogP contribution < -0.4 is 24.8 Å². The van der Waals surface area contributed by atoms with Crippen LogP contribution in [-0.4, -0.2) is 4.98 Å². The van der Waals surface area contributed by atoms with Gasteiger partial charge in [-0.15, -0.1) is 80.6 Å². The quantitative estimate of drug-likeness (QED) is 0.240. The first-order chi connectivity index (χ1) is 14.3. The molecule has 0 fully saturated rings. The van der Waals surface area contributed by atoms with Crippen LogP contribution in [0.1, 0.15) is 22.3 Å². The van der Waals surface area contributed by atoms with Gasteiger partial charge in [0.2, 0.25) is 0 Å². The summed E-state index contributed by atoms with van der Waals surface area (Å²) in [7, 11) is 4.17. The molecule has 0 atom stereocenters. The molecular weight excluding hydrogens is 588 g/mol. The zero-order valence-corrected chi connectivity index (χ0v) is 22.7. The summed E-state index contributed by atoms with van der Waals surface area (Å²) in [5, 5.41) is 0. The van der Waals surface area contributed by atoms with Gasteiger partial charge in [-0.25, -0.2) is 0 Å². The second-order valence-corrected chi connectivity index (χ2v) is 7.75. The van der Waals surface area contributed by atoms with Crippen molar-refractivity contribution in [2.45, 2.75) is 12.8 Å². The van der Waals surface area contributed by atoms with Crippen LogP contribution in [-0.2, 0) is 35.5 Å². The Morgan fingerprint density at radius 3 is 2.32 bits per heavy atom. The third kappa shape index (κ3) is 5.67. The van der Waals surface area contributed by atoms with Gasteiger partial charge in [0.05, 0.1) is 0 Å². The van der Waals surface area contributed by atoms with Crippen molar-refractivity contribution < 1.29 is 47.5 Å². The van der Waals surface area contributed by atoms with E-state index in [1.165, 1.54) is 44.5 Å². The molecule has 0 amide bonds. The van der Waals surface area contributed by atoms with Gasteiger partial charge in [-0.1, -0.05) is 51.0 Å². The average Bonchev–Trinajstić information content (AvgIpc) is 3.33. The number of pyridine rings is 1. The van der Waals surface area contributed by atoms with Crippen LogP contribution in [0.4, 0.5) is 0 Å². The largest absolute Gasteiger partial charge is 0.147 e. The zero-order valence-electron chi connectivity index (χ0n) is 16.3. The normalized spacial score (nSPS) is 10.9. The number of benzene rings is 3. The number of hydrogen-bond acceptors (Lipinski definition) is 2. The van der Waals surface area contributed by atoms with Crippen LogP contribution in [0.5, 0.6) is 0 Å². The Kier molecular flexibility index (Phi) is 10.4. The molecule has 0 N–H and O–H groups in total. The summed E-state index contributed by atoms with van der Waals surface area (Å²) in [6.07, 6.45) is 5.84. The van der Waals surface area contributed by atoms with Crippen molar-refractivity contribution in [2.75, 3.05) is 0 Å². The van der Waals surface area contributed by atoms with Crippen molar-refractivity contribution in [3.8, 4) is 22.3 Å². The summed E-state index contributed by atoms with van der Waals surface area (Å²) in [5.41, 5.74) is 10.6. The summed E-state index contributed by atoms with van der Waals surface area (Å²) in [6, 6.07) is 27.6. The number of halogens is 3. The van der Waals surface area contributed by atoms with Crippen LogP contribution in [0.15, 0.2) is 77.5 Å². The van der Waals surface area contributed by atoms with Gasteiger partial charge in [0, 0.05) is 6.20 Å². The predicted octanol–water partition coefficient (Wildman–Crippen LogP) is 0.927. The van der Waals surface area contributed by atoms with Crippen LogP contribution in [0, 0.1) is 12.1 Å². The van der Waals surface area contributed by atoms with Gasteiger partial charge in [0.1, 0.15) is 0 Å². The Morgan fingerprint density at radius 1 is 0.806 bits per heavy atom. The zero-order chi connectivity index (χ0) is 20.2. The first kappa shape index (κ1) is 26.2. The molecule has 0 aliphatic heterocycles. The number of hydrogen-bond donors (Lipinski definition) is 0.